The number of methoxy groups -OCH3 is 1. The molecule has 0 radical (unpaired) electrons. The molecule has 0 spiro atoms. The molecule has 3 rings (SSSR count). The van der Waals surface area contributed by atoms with Crippen molar-refractivity contribution in [3.8, 4) is 17.6 Å². The Kier molecular flexibility index (Phi) is 7.27. The normalized spacial score (nSPS) is 10.8. The molecule has 1 N–H and O–H groups in total. The average molecular weight is 447 g/mol. The van der Waals surface area contributed by atoms with Gasteiger partial charge in [0.1, 0.15) is 23.1 Å². The van der Waals surface area contributed by atoms with Gasteiger partial charge in [0.05, 0.1) is 23.4 Å². The van der Waals surface area contributed by atoms with Crippen LogP contribution in [0.1, 0.15) is 21.5 Å². The summed E-state index contributed by atoms with van der Waals surface area (Å²) >= 11 is 6.14. The van der Waals surface area contributed by atoms with Crippen LogP contribution in [0.4, 0.5) is 5.69 Å². The van der Waals surface area contributed by atoms with Crippen molar-refractivity contribution in [2.24, 2.45) is 0 Å². The maximum atomic E-state index is 12.5. The van der Waals surface area contributed by atoms with Crippen LogP contribution < -0.4 is 14.8 Å². The topological polar surface area (TPSA) is 88.4 Å². The third kappa shape index (κ3) is 5.54. The van der Waals surface area contributed by atoms with Crippen LogP contribution in [0.3, 0.4) is 0 Å². The summed E-state index contributed by atoms with van der Waals surface area (Å²) < 4.78 is 10.4. The minimum Gasteiger partial charge on any atom is -0.497 e. The summed E-state index contributed by atoms with van der Waals surface area (Å²) in [5.74, 6) is -0.112. The van der Waals surface area contributed by atoms with Gasteiger partial charge in [0.2, 0.25) is 0 Å². The molecule has 0 unspecified atom stereocenters. The summed E-state index contributed by atoms with van der Waals surface area (Å²) in [4.78, 5) is 24.8. The second-order valence-corrected chi connectivity index (χ2v) is 7.15. The molecular weight excluding hydrogens is 428 g/mol. The van der Waals surface area contributed by atoms with E-state index < -0.39 is 11.9 Å². The summed E-state index contributed by atoms with van der Waals surface area (Å²) in [5, 5.41) is 12.5. The van der Waals surface area contributed by atoms with Crippen molar-refractivity contribution in [2.45, 2.75) is 6.92 Å². The second kappa shape index (κ2) is 10.3. The number of esters is 1. The zero-order chi connectivity index (χ0) is 23.1. The van der Waals surface area contributed by atoms with Gasteiger partial charge in [0, 0.05) is 0 Å². The van der Waals surface area contributed by atoms with E-state index in [0.717, 1.165) is 5.56 Å². The summed E-state index contributed by atoms with van der Waals surface area (Å²) in [5.41, 5.74) is 2.13. The van der Waals surface area contributed by atoms with Crippen LogP contribution in [0.2, 0.25) is 5.02 Å². The van der Waals surface area contributed by atoms with Crippen molar-refractivity contribution in [3.05, 3.63) is 94.0 Å². The van der Waals surface area contributed by atoms with Crippen LogP contribution in [0.5, 0.6) is 11.5 Å². The zero-order valence-electron chi connectivity index (χ0n) is 17.4. The lowest BCUT2D eigenvalue weighted by atomic mass is 10.1. The van der Waals surface area contributed by atoms with Gasteiger partial charge in [-0.3, -0.25) is 4.79 Å². The first-order valence-electron chi connectivity index (χ1n) is 9.56. The van der Waals surface area contributed by atoms with Gasteiger partial charge in [0.15, 0.2) is 0 Å². The minimum atomic E-state index is -0.571. The number of nitrogens with one attached hydrogen (secondary N) is 1. The Hall–Kier alpha value is -4.08. The minimum absolute atomic E-state index is 0.0905. The number of carbonyl (C=O) groups is 2. The highest BCUT2D eigenvalue weighted by atomic mass is 35.5. The number of carbonyl (C=O) groups excluding carboxylic acids is 2. The molecule has 0 atom stereocenters. The average Bonchev–Trinajstić information content (AvgIpc) is 2.81. The van der Waals surface area contributed by atoms with Crippen molar-refractivity contribution in [3.63, 3.8) is 0 Å². The van der Waals surface area contributed by atoms with E-state index in [2.05, 4.69) is 5.32 Å². The van der Waals surface area contributed by atoms with E-state index in [1.807, 2.05) is 19.1 Å². The van der Waals surface area contributed by atoms with E-state index in [1.165, 1.54) is 6.08 Å². The van der Waals surface area contributed by atoms with Crippen molar-refractivity contribution >= 4 is 35.2 Å². The number of hydrogen-bond acceptors (Lipinski definition) is 5. The fourth-order valence-corrected chi connectivity index (χ4v) is 3.08. The summed E-state index contributed by atoms with van der Waals surface area (Å²) in [6, 6.07) is 20.1. The highest BCUT2D eigenvalue weighted by molar-refractivity contribution is 6.34. The van der Waals surface area contributed by atoms with Gasteiger partial charge in [-0.25, -0.2) is 4.79 Å². The zero-order valence-corrected chi connectivity index (χ0v) is 18.1. The van der Waals surface area contributed by atoms with Crippen molar-refractivity contribution in [1.29, 1.82) is 5.26 Å². The van der Waals surface area contributed by atoms with Crippen LogP contribution in [0.25, 0.3) is 6.08 Å². The van der Waals surface area contributed by atoms with Gasteiger partial charge >= 0.3 is 5.97 Å². The van der Waals surface area contributed by atoms with Crippen molar-refractivity contribution < 1.29 is 19.1 Å². The Morgan fingerprint density at radius 1 is 1.00 bits per heavy atom. The standard InChI is InChI=1S/C25H19ClN2O4/c1-16-4-3-5-22(26)23(16)28-24(29)19(15-27)14-17-6-10-21(11-7-17)32-25(30)18-8-12-20(31-2)13-9-18/h3-14H,1-2H3,(H,28,29)/b19-14+. The van der Waals surface area contributed by atoms with E-state index in [4.69, 9.17) is 21.1 Å². The number of rotatable bonds is 6. The molecule has 0 saturated heterocycles. The highest BCUT2D eigenvalue weighted by Crippen LogP contribution is 2.26. The van der Waals surface area contributed by atoms with Crippen LogP contribution in [0.15, 0.2) is 72.3 Å². The first-order chi connectivity index (χ1) is 15.4. The number of nitriles is 1. The number of benzene rings is 3. The molecule has 32 heavy (non-hydrogen) atoms. The third-order valence-electron chi connectivity index (χ3n) is 4.55. The quantitative estimate of drug-likeness (QED) is 0.236. The van der Waals surface area contributed by atoms with Gasteiger partial charge < -0.3 is 14.8 Å². The maximum absolute atomic E-state index is 12.5. The van der Waals surface area contributed by atoms with Crippen LogP contribution >= 0.6 is 11.6 Å². The van der Waals surface area contributed by atoms with Crippen LogP contribution in [-0.2, 0) is 4.79 Å². The summed E-state index contributed by atoms with van der Waals surface area (Å²) in [7, 11) is 1.54. The fourth-order valence-electron chi connectivity index (χ4n) is 2.81. The Labute approximate surface area is 190 Å². The molecule has 160 valence electrons. The first-order valence-corrected chi connectivity index (χ1v) is 9.93. The molecular formula is C25H19ClN2O4. The molecule has 0 aliphatic carbocycles. The number of halogens is 1. The monoisotopic (exact) mass is 446 g/mol. The number of anilines is 1. The highest BCUT2D eigenvalue weighted by Gasteiger charge is 2.13. The van der Waals surface area contributed by atoms with E-state index in [9.17, 15) is 14.9 Å². The van der Waals surface area contributed by atoms with E-state index >= 15 is 0 Å². The van der Waals surface area contributed by atoms with Gasteiger partial charge in [-0.05, 0) is 66.6 Å². The number of nitrogens with zero attached hydrogens (tertiary/aromatic N) is 1. The van der Waals surface area contributed by atoms with Gasteiger partial charge in [0.25, 0.3) is 5.91 Å². The molecule has 0 bridgehead atoms. The number of amides is 1. The predicted molar refractivity (Wildman–Crippen MR) is 123 cm³/mol. The van der Waals surface area contributed by atoms with Gasteiger partial charge in [-0.15, -0.1) is 0 Å². The third-order valence-corrected chi connectivity index (χ3v) is 4.87. The lowest BCUT2D eigenvalue weighted by Crippen LogP contribution is -2.14. The summed E-state index contributed by atoms with van der Waals surface area (Å²) in [6.45, 7) is 1.81. The molecule has 6 nitrogen and oxygen atoms in total. The van der Waals surface area contributed by atoms with E-state index in [0.29, 0.717) is 33.3 Å². The lowest BCUT2D eigenvalue weighted by Gasteiger charge is -2.09. The number of hydrogen-bond donors (Lipinski definition) is 1. The smallest absolute Gasteiger partial charge is 0.343 e. The van der Waals surface area contributed by atoms with Crippen LogP contribution in [-0.4, -0.2) is 19.0 Å². The lowest BCUT2D eigenvalue weighted by molar-refractivity contribution is -0.112. The molecule has 0 aliphatic heterocycles. The van der Waals surface area contributed by atoms with Gasteiger partial charge in [-0.2, -0.15) is 5.26 Å². The summed E-state index contributed by atoms with van der Waals surface area (Å²) in [6.07, 6.45) is 1.44. The maximum Gasteiger partial charge on any atom is 0.343 e. The first kappa shape index (κ1) is 22.6. The Balaban J connectivity index is 1.70. The molecule has 0 aliphatic rings. The molecule has 1 amide bonds. The van der Waals surface area contributed by atoms with Crippen molar-refractivity contribution in [2.75, 3.05) is 12.4 Å². The molecule has 0 heterocycles. The largest absolute Gasteiger partial charge is 0.497 e. The molecule has 0 aromatic heterocycles. The molecule has 3 aromatic rings. The molecule has 7 heteroatoms. The van der Waals surface area contributed by atoms with Crippen molar-refractivity contribution in [1.82, 2.24) is 0 Å². The number of aryl methyl sites for hydroxylation is 1. The fraction of sp³-hybridized carbons (Fsp3) is 0.0800. The number of para-hydroxylation sites is 1. The molecule has 0 saturated carbocycles. The molecule has 3 aromatic carbocycles. The Bertz CT molecular complexity index is 1190. The molecule has 0 fully saturated rings. The predicted octanol–water partition coefficient (Wildman–Crippen LogP) is 5.42. The SMILES string of the molecule is COc1ccc(C(=O)Oc2ccc(/C=C(\C#N)C(=O)Nc3c(C)cccc3Cl)cc2)cc1. The van der Waals surface area contributed by atoms with E-state index in [-0.39, 0.29) is 5.57 Å². The van der Waals surface area contributed by atoms with E-state index in [1.54, 1.807) is 67.8 Å². The second-order valence-electron chi connectivity index (χ2n) is 6.74. The number of ether oxygens (including phenoxy) is 2. The Morgan fingerprint density at radius 2 is 1.66 bits per heavy atom. The van der Waals surface area contributed by atoms with Crippen LogP contribution in [0, 0.1) is 18.3 Å². The Morgan fingerprint density at radius 3 is 2.25 bits per heavy atom. The van der Waals surface area contributed by atoms with Gasteiger partial charge in [-0.1, -0.05) is 35.9 Å².